The lowest BCUT2D eigenvalue weighted by Crippen LogP contribution is -2.41. The average Bonchev–Trinajstić information content (AvgIpc) is 2.52. The number of nitrogens with one attached hydrogen (secondary N) is 2. The SMILES string of the molecule is Cc1ccc(C(=O)NNC(=O)c2cccc(Cl)c2)cc1[N+](=O)[O-]. The van der Waals surface area contributed by atoms with E-state index in [0.717, 1.165) is 6.07 Å². The van der Waals surface area contributed by atoms with E-state index in [1.807, 2.05) is 0 Å². The van der Waals surface area contributed by atoms with Gasteiger partial charge in [-0.2, -0.15) is 0 Å². The van der Waals surface area contributed by atoms with Crippen LogP contribution in [0.4, 0.5) is 5.69 Å². The van der Waals surface area contributed by atoms with E-state index in [9.17, 15) is 19.7 Å². The van der Waals surface area contributed by atoms with Crippen molar-refractivity contribution in [2.45, 2.75) is 6.92 Å². The number of carbonyl (C=O) groups is 2. The van der Waals surface area contributed by atoms with Gasteiger partial charge >= 0.3 is 0 Å². The van der Waals surface area contributed by atoms with Gasteiger partial charge in [-0.25, -0.2) is 0 Å². The lowest BCUT2D eigenvalue weighted by atomic mass is 10.1. The molecule has 0 aliphatic rings. The Morgan fingerprint density at radius 2 is 1.65 bits per heavy atom. The molecule has 118 valence electrons. The summed E-state index contributed by atoms with van der Waals surface area (Å²) in [5.41, 5.74) is 5.03. The van der Waals surface area contributed by atoms with Crippen molar-refractivity contribution in [1.82, 2.24) is 10.9 Å². The third kappa shape index (κ3) is 4.04. The molecule has 0 spiro atoms. The fraction of sp³-hybridized carbons (Fsp3) is 0.0667. The van der Waals surface area contributed by atoms with Gasteiger partial charge in [0.1, 0.15) is 0 Å². The van der Waals surface area contributed by atoms with Crippen LogP contribution in [0.25, 0.3) is 0 Å². The first kappa shape index (κ1) is 16.4. The number of hydrazine groups is 1. The summed E-state index contributed by atoms with van der Waals surface area (Å²) in [5.74, 6) is -1.22. The Kier molecular flexibility index (Phi) is 4.92. The largest absolute Gasteiger partial charge is 0.273 e. The Morgan fingerprint density at radius 1 is 1.04 bits per heavy atom. The monoisotopic (exact) mass is 333 g/mol. The molecular weight excluding hydrogens is 322 g/mol. The van der Waals surface area contributed by atoms with Crippen molar-refractivity contribution in [3.63, 3.8) is 0 Å². The number of carbonyl (C=O) groups excluding carboxylic acids is 2. The van der Waals surface area contributed by atoms with Crippen LogP contribution in [0.2, 0.25) is 5.02 Å². The highest BCUT2D eigenvalue weighted by Gasteiger charge is 2.15. The van der Waals surface area contributed by atoms with Gasteiger partial charge in [-0.05, 0) is 31.2 Å². The van der Waals surface area contributed by atoms with E-state index in [0.29, 0.717) is 10.6 Å². The van der Waals surface area contributed by atoms with Crippen molar-refractivity contribution in [3.8, 4) is 0 Å². The van der Waals surface area contributed by atoms with Crippen molar-refractivity contribution in [3.05, 3.63) is 74.3 Å². The molecule has 0 saturated carbocycles. The summed E-state index contributed by atoms with van der Waals surface area (Å²) >= 11 is 5.78. The number of nitro benzene ring substituents is 1. The van der Waals surface area contributed by atoms with Gasteiger partial charge in [0, 0.05) is 27.8 Å². The quantitative estimate of drug-likeness (QED) is 0.665. The molecule has 2 amide bonds. The van der Waals surface area contributed by atoms with E-state index in [2.05, 4.69) is 10.9 Å². The fourth-order valence-corrected chi connectivity index (χ4v) is 2.03. The topological polar surface area (TPSA) is 101 Å². The number of halogens is 1. The summed E-state index contributed by atoms with van der Waals surface area (Å²) < 4.78 is 0. The molecule has 0 saturated heterocycles. The summed E-state index contributed by atoms with van der Waals surface area (Å²) in [5, 5.41) is 11.3. The number of benzene rings is 2. The first-order chi connectivity index (χ1) is 10.9. The number of nitro groups is 1. The highest BCUT2D eigenvalue weighted by molar-refractivity contribution is 6.30. The Balaban J connectivity index is 2.06. The molecule has 0 unspecified atom stereocenters. The van der Waals surface area contributed by atoms with E-state index >= 15 is 0 Å². The molecule has 0 heterocycles. The van der Waals surface area contributed by atoms with Crippen LogP contribution in [0.5, 0.6) is 0 Å². The lowest BCUT2D eigenvalue weighted by molar-refractivity contribution is -0.385. The summed E-state index contributed by atoms with van der Waals surface area (Å²) in [4.78, 5) is 34.1. The zero-order valence-corrected chi connectivity index (χ0v) is 12.8. The summed E-state index contributed by atoms with van der Waals surface area (Å²) in [6.45, 7) is 1.57. The van der Waals surface area contributed by atoms with E-state index < -0.39 is 16.7 Å². The highest BCUT2D eigenvalue weighted by Crippen LogP contribution is 2.19. The second kappa shape index (κ2) is 6.89. The molecule has 0 fully saturated rings. The van der Waals surface area contributed by atoms with E-state index in [1.54, 1.807) is 19.1 Å². The highest BCUT2D eigenvalue weighted by atomic mass is 35.5. The summed E-state index contributed by atoms with van der Waals surface area (Å²) in [6, 6.07) is 10.2. The van der Waals surface area contributed by atoms with Gasteiger partial charge in [0.25, 0.3) is 17.5 Å². The van der Waals surface area contributed by atoms with Gasteiger partial charge in [0.2, 0.25) is 0 Å². The number of nitrogens with zero attached hydrogens (tertiary/aromatic N) is 1. The third-order valence-corrected chi connectivity index (χ3v) is 3.28. The normalized spacial score (nSPS) is 10.0. The minimum Gasteiger partial charge on any atom is -0.267 e. The third-order valence-electron chi connectivity index (χ3n) is 3.04. The Bertz CT molecular complexity index is 792. The first-order valence-electron chi connectivity index (χ1n) is 6.50. The number of aryl methyl sites for hydroxylation is 1. The van der Waals surface area contributed by atoms with Gasteiger partial charge in [-0.1, -0.05) is 23.7 Å². The zero-order valence-electron chi connectivity index (χ0n) is 12.0. The number of hydrogen-bond donors (Lipinski definition) is 2. The molecule has 2 aromatic carbocycles. The van der Waals surface area contributed by atoms with Crippen molar-refractivity contribution in [2.24, 2.45) is 0 Å². The van der Waals surface area contributed by atoms with E-state index in [4.69, 9.17) is 11.6 Å². The number of amides is 2. The maximum Gasteiger partial charge on any atom is 0.273 e. The smallest absolute Gasteiger partial charge is 0.267 e. The molecule has 2 N–H and O–H groups in total. The van der Waals surface area contributed by atoms with Crippen LogP contribution >= 0.6 is 11.6 Å². The first-order valence-corrected chi connectivity index (χ1v) is 6.87. The number of hydrogen-bond acceptors (Lipinski definition) is 4. The lowest BCUT2D eigenvalue weighted by Gasteiger charge is -2.08. The molecule has 0 atom stereocenters. The molecule has 0 aliphatic carbocycles. The van der Waals surface area contributed by atoms with Crippen LogP contribution in [0.15, 0.2) is 42.5 Å². The maximum absolute atomic E-state index is 12.0. The molecular formula is C15H12ClN3O4. The van der Waals surface area contributed by atoms with Crippen LogP contribution in [-0.2, 0) is 0 Å². The van der Waals surface area contributed by atoms with Gasteiger partial charge in [-0.3, -0.25) is 30.6 Å². The van der Waals surface area contributed by atoms with E-state index in [-0.39, 0.29) is 16.8 Å². The maximum atomic E-state index is 12.0. The minimum atomic E-state index is -0.663. The molecule has 0 bridgehead atoms. The Labute approximate surface area is 136 Å². The number of rotatable bonds is 3. The fourth-order valence-electron chi connectivity index (χ4n) is 1.83. The standard InChI is InChI=1S/C15H12ClN3O4/c1-9-5-6-11(8-13(9)19(22)23)15(21)18-17-14(20)10-3-2-4-12(16)7-10/h2-8H,1H3,(H,17,20)(H,18,21). The van der Waals surface area contributed by atoms with Crippen LogP contribution < -0.4 is 10.9 Å². The Hall–Kier alpha value is -2.93. The predicted octanol–water partition coefficient (Wildman–Crippen LogP) is 2.63. The van der Waals surface area contributed by atoms with Crippen molar-refractivity contribution in [1.29, 1.82) is 0 Å². The van der Waals surface area contributed by atoms with Gasteiger partial charge in [0.15, 0.2) is 0 Å². The second-order valence-electron chi connectivity index (χ2n) is 4.68. The molecule has 8 heteroatoms. The van der Waals surface area contributed by atoms with E-state index in [1.165, 1.54) is 24.3 Å². The van der Waals surface area contributed by atoms with Crippen LogP contribution in [0.3, 0.4) is 0 Å². The zero-order chi connectivity index (χ0) is 17.0. The van der Waals surface area contributed by atoms with Crippen molar-refractivity contribution >= 4 is 29.1 Å². The van der Waals surface area contributed by atoms with Gasteiger partial charge < -0.3 is 0 Å². The molecule has 2 aromatic rings. The van der Waals surface area contributed by atoms with Gasteiger partial charge in [0.05, 0.1) is 4.92 Å². The molecule has 7 nitrogen and oxygen atoms in total. The molecule has 0 aromatic heterocycles. The Morgan fingerprint density at radius 3 is 2.22 bits per heavy atom. The molecule has 2 rings (SSSR count). The molecule has 0 radical (unpaired) electrons. The van der Waals surface area contributed by atoms with Crippen molar-refractivity contribution in [2.75, 3.05) is 0 Å². The second-order valence-corrected chi connectivity index (χ2v) is 5.11. The van der Waals surface area contributed by atoms with Crippen LogP contribution in [-0.4, -0.2) is 16.7 Å². The molecule has 0 aliphatic heterocycles. The summed E-state index contributed by atoms with van der Waals surface area (Å²) in [6.07, 6.45) is 0. The predicted molar refractivity (Wildman–Crippen MR) is 84.2 cm³/mol. The van der Waals surface area contributed by atoms with Crippen LogP contribution in [0, 0.1) is 17.0 Å². The molecule has 23 heavy (non-hydrogen) atoms. The van der Waals surface area contributed by atoms with Crippen molar-refractivity contribution < 1.29 is 14.5 Å². The van der Waals surface area contributed by atoms with Gasteiger partial charge in [-0.15, -0.1) is 0 Å². The average molecular weight is 334 g/mol. The van der Waals surface area contributed by atoms with Crippen LogP contribution in [0.1, 0.15) is 26.3 Å². The minimum absolute atomic E-state index is 0.0636. The summed E-state index contributed by atoms with van der Waals surface area (Å²) in [7, 11) is 0.